The fraction of sp³-hybridized carbons (Fsp3) is 0.619. The summed E-state index contributed by atoms with van der Waals surface area (Å²) in [4.78, 5) is 17.8. The SMILES string of the molecule is CN=C(NCCCCCCC(=O)OC)N1CCc2cc(OC)c(OC)cc2C1. The van der Waals surface area contributed by atoms with E-state index in [1.807, 2.05) is 7.05 Å². The van der Waals surface area contributed by atoms with E-state index in [9.17, 15) is 4.79 Å². The van der Waals surface area contributed by atoms with Crippen molar-refractivity contribution in [3.63, 3.8) is 0 Å². The quantitative estimate of drug-likeness (QED) is 0.302. The maximum atomic E-state index is 11.1. The van der Waals surface area contributed by atoms with E-state index in [4.69, 9.17) is 9.47 Å². The molecule has 0 atom stereocenters. The predicted octanol–water partition coefficient (Wildman–Crippen LogP) is 2.76. The number of guanidine groups is 1. The summed E-state index contributed by atoms with van der Waals surface area (Å²) in [7, 11) is 6.59. The molecule has 1 aromatic rings. The lowest BCUT2D eigenvalue weighted by Crippen LogP contribution is -2.44. The minimum absolute atomic E-state index is 0.127. The van der Waals surface area contributed by atoms with Crippen LogP contribution in [-0.2, 0) is 22.5 Å². The standard InChI is InChI=1S/C21H33N3O4/c1-22-21(23-11-8-6-5-7-9-20(25)28-4)24-12-10-16-13-18(26-2)19(27-3)14-17(16)15-24/h13-14H,5-12,15H2,1-4H3,(H,22,23). The number of benzene rings is 1. The molecule has 0 aromatic heterocycles. The van der Waals surface area contributed by atoms with E-state index < -0.39 is 0 Å². The van der Waals surface area contributed by atoms with Gasteiger partial charge in [0.05, 0.1) is 21.3 Å². The van der Waals surface area contributed by atoms with Crippen LogP contribution in [0.1, 0.15) is 43.2 Å². The lowest BCUT2D eigenvalue weighted by atomic mass is 9.99. The summed E-state index contributed by atoms with van der Waals surface area (Å²) in [5.41, 5.74) is 2.55. The van der Waals surface area contributed by atoms with Gasteiger partial charge in [0.15, 0.2) is 17.5 Å². The van der Waals surface area contributed by atoms with Crippen LogP contribution in [0.4, 0.5) is 0 Å². The number of rotatable bonds is 9. The highest BCUT2D eigenvalue weighted by Gasteiger charge is 2.21. The molecular formula is C21H33N3O4. The van der Waals surface area contributed by atoms with Crippen molar-refractivity contribution < 1.29 is 19.0 Å². The number of ether oxygens (including phenoxy) is 3. The molecule has 1 heterocycles. The monoisotopic (exact) mass is 391 g/mol. The van der Waals surface area contributed by atoms with Gasteiger partial charge in [0, 0.05) is 33.1 Å². The molecule has 7 nitrogen and oxygen atoms in total. The first-order chi connectivity index (χ1) is 13.6. The van der Waals surface area contributed by atoms with Crippen LogP contribution in [0.25, 0.3) is 0 Å². The molecule has 1 aliphatic heterocycles. The highest BCUT2D eigenvalue weighted by Crippen LogP contribution is 2.33. The summed E-state index contributed by atoms with van der Waals surface area (Å²) in [5.74, 6) is 2.34. The second-order valence-electron chi connectivity index (χ2n) is 6.86. The van der Waals surface area contributed by atoms with Gasteiger partial charge >= 0.3 is 5.97 Å². The zero-order chi connectivity index (χ0) is 20.4. The molecule has 2 rings (SSSR count). The van der Waals surface area contributed by atoms with Crippen LogP contribution in [-0.4, -0.2) is 58.3 Å². The van der Waals surface area contributed by atoms with E-state index >= 15 is 0 Å². The van der Waals surface area contributed by atoms with Gasteiger partial charge in [-0.1, -0.05) is 12.8 Å². The zero-order valence-electron chi connectivity index (χ0n) is 17.5. The molecule has 0 bridgehead atoms. The Morgan fingerprint density at radius 3 is 2.39 bits per heavy atom. The van der Waals surface area contributed by atoms with E-state index in [1.165, 1.54) is 18.2 Å². The summed E-state index contributed by atoms with van der Waals surface area (Å²) in [5, 5.41) is 3.46. The Balaban J connectivity index is 1.80. The number of hydrogen-bond acceptors (Lipinski definition) is 5. The van der Waals surface area contributed by atoms with Gasteiger partial charge in [-0.3, -0.25) is 9.79 Å². The molecule has 0 saturated heterocycles. The summed E-state index contributed by atoms with van der Waals surface area (Å²) in [6, 6.07) is 4.14. The van der Waals surface area contributed by atoms with Crippen LogP contribution in [0.15, 0.2) is 17.1 Å². The van der Waals surface area contributed by atoms with Crippen molar-refractivity contribution in [2.45, 2.75) is 45.1 Å². The van der Waals surface area contributed by atoms with Gasteiger partial charge in [-0.05, 0) is 42.5 Å². The van der Waals surface area contributed by atoms with Crippen molar-refractivity contribution in [2.24, 2.45) is 4.99 Å². The van der Waals surface area contributed by atoms with Crippen molar-refractivity contribution in [2.75, 3.05) is 41.5 Å². The van der Waals surface area contributed by atoms with Gasteiger partial charge in [-0.15, -0.1) is 0 Å². The fourth-order valence-corrected chi connectivity index (χ4v) is 3.45. The number of esters is 1. The van der Waals surface area contributed by atoms with E-state index in [0.717, 1.165) is 69.2 Å². The molecule has 1 N–H and O–H groups in total. The second-order valence-corrected chi connectivity index (χ2v) is 6.86. The van der Waals surface area contributed by atoms with Gasteiger partial charge < -0.3 is 24.4 Å². The molecule has 28 heavy (non-hydrogen) atoms. The molecule has 0 amide bonds. The molecule has 0 saturated carbocycles. The van der Waals surface area contributed by atoms with Crippen molar-refractivity contribution in [3.05, 3.63) is 23.3 Å². The Morgan fingerprint density at radius 2 is 1.75 bits per heavy atom. The Kier molecular flexibility index (Phi) is 8.91. The van der Waals surface area contributed by atoms with Crippen molar-refractivity contribution in [1.29, 1.82) is 0 Å². The Labute approximate surface area is 168 Å². The van der Waals surface area contributed by atoms with Crippen molar-refractivity contribution in [3.8, 4) is 11.5 Å². The number of nitrogens with one attached hydrogen (secondary N) is 1. The number of unbranched alkanes of at least 4 members (excludes halogenated alkanes) is 3. The highest BCUT2D eigenvalue weighted by molar-refractivity contribution is 5.80. The first-order valence-corrected chi connectivity index (χ1v) is 9.89. The van der Waals surface area contributed by atoms with Gasteiger partial charge in [0.2, 0.25) is 0 Å². The van der Waals surface area contributed by atoms with E-state index in [1.54, 1.807) is 14.2 Å². The van der Waals surface area contributed by atoms with Gasteiger partial charge in [0.25, 0.3) is 0 Å². The third kappa shape index (κ3) is 6.04. The lowest BCUT2D eigenvalue weighted by molar-refractivity contribution is -0.140. The Hall–Kier alpha value is -2.44. The Morgan fingerprint density at radius 1 is 1.07 bits per heavy atom. The minimum Gasteiger partial charge on any atom is -0.493 e. The number of methoxy groups -OCH3 is 3. The molecule has 0 radical (unpaired) electrons. The maximum absolute atomic E-state index is 11.1. The summed E-state index contributed by atoms with van der Waals surface area (Å²) in [6.45, 7) is 2.59. The van der Waals surface area contributed by atoms with Gasteiger partial charge in [-0.2, -0.15) is 0 Å². The predicted molar refractivity (Wildman–Crippen MR) is 110 cm³/mol. The zero-order valence-corrected chi connectivity index (χ0v) is 17.5. The molecule has 0 spiro atoms. The number of aliphatic imine (C=N–C) groups is 1. The summed E-state index contributed by atoms with van der Waals surface area (Å²) < 4.78 is 15.5. The van der Waals surface area contributed by atoms with Crippen LogP contribution in [0.3, 0.4) is 0 Å². The number of carbonyl (C=O) groups excluding carboxylic acids is 1. The molecule has 7 heteroatoms. The second kappa shape index (κ2) is 11.4. The summed E-state index contributed by atoms with van der Waals surface area (Å²) in [6.07, 6.45) is 5.51. The van der Waals surface area contributed by atoms with Crippen molar-refractivity contribution >= 4 is 11.9 Å². The largest absolute Gasteiger partial charge is 0.493 e. The van der Waals surface area contributed by atoms with Crippen molar-refractivity contribution in [1.82, 2.24) is 10.2 Å². The first-order valence-electron chi connectivity index (χ1n) is 9.89. The molecule has 1 aromatic carbocycles. The van der Waals surface area contributed by atoms with Crippen LogP contribution >= 0.6 is 0 Å². The smallest absolute Gasteiger partial charge is 0.305 e. The average Bonchev–Trinajstić information content (AvgIpc) is 2.74. The minimum atomic E-state index is -0.127. The van der Waals surface area contributed by atoms with Crippen LogP contribution in [0.2, 0.25) is 0 Å². The highest BCUT2D eigenvalue weighted by atomic mass is 16.5. The number of nitrogens with zero attached hydrogens (tertiary/aromatic N) is 2. The van der Waals surface area contributed by atoms with E-state index in [2.05, 4.69) is 32.1 Å². The molecule has 0 aliphatic carbocycles. The first kappa shape index (κ1) is 21.9. The third-order valence-corrected chi connectivity index (χ3v) is 5.05. The molecular weight excluding hydrogens is 358 g/mol. The molecule has 156 valence electrons. The number of carbonyl (C=O) groups is 1. The topological polar surface area (TPSA) is 72.4 Å². The third-order valence-electron chi connectivity index (χ3n) is 5.05. The van der Waals surface area contributed by atoms with Crippen LogP contribution in [0.5, 0.6) is 11.5 Å². The molecule has 1 aliphatic rings. The Bertz CT molecular complexity index is 676. The van der Waals surface area contributed by atoms with Crippen LogP contribution < -0.4 is 14.8 Å². The number of hydrogen-bond donors (Lipinski definition) is 1. The van der Waals surface area contributed by atoms with E-state index in [-0.39, 0.29) is 5.97 Å². The van der Waals surface area contributed by atoms with Gasteiger partial charge in [-0.25, -0.2) is 0 Å². The molecule has 0 fully saturated rings. The van der Waals surface area contributed by atoms with E-state index in [0.29, 0.717) is 6.42 Å². The maximum Gasteiger partial charge on any atom is 0.305 e. The normalized spacial score (nSPS) is 13.7. The fourth-order valence-electron chi connectivity index (χ4n) is 3.45. The summed E-state index contributed by atoms with van der Waals surface area (Å²) >= 11 is 0. The lowest BCUT2D eigenvalue weighted by Gasteiger charge is -2.32. The average molecular weight is 392 g/mol. The van der Waals surface area contributed by atoms with Crippen LogP contribution in [0, 0.1) is 0 Å². The number of fused-ring (bicyclic) bond motifs is 1. The van der Waals surface area contributed by atoms with Gasteiger partial charge in [0.1, 0.15) is 0 Å². The molecule has 0 unspecified atom stereocenters.